The lowest BCUT2D eigenvalue weighted by molar-refractivity contribution is 0.0788. The number of hydrogen-bond acceptors (Lipinski definition) is 5. The highest BCUT2D eigenvalue weighted by atomic mass is 35.5. The van der Waals surface area contributed by atoms with Crippen LogP contribution in [0.25, 0.3) is 10.8 Å². The molecule has 0 aliphatic carbocycles. The van der Waals surface area contributed by atoms with Gasteiger partial charge >= 0.3 is 0 Å². The topological polar surface area (TPSA) is 52.6 Å². The Balaban J connectivity index is 1.39. The molecule has 0 spiro atoms. The van der Waals surface area contributed by atoms with Crippen LogP contribution >= 0.6 is 23.2 Å². The van der Waals surface area contributed by atoms with Crippen LogP contribution in [-0.2, 0) is 0 Å². The highest BCUT2D eigenvalue weighted by molar-refractivity contribution is 6.42. The predicted molar refractivity (Wildman–Crippen MR) is 126 cm³/mol. The van der Waals surface area contributed by atoms with Gasteiger partial charge in [-0.1, -0.05) is 47.5 Å². The van der Waals surface area contributed by atoms with Crippen molar-refractivity contribution in [2.24, 2.45) is 0 Å². The molecule has 0 N–H and O–H groups in total. The number of benzene rings is 2. The van der Waals surface area contributed by atoms with E-state index in [1.807, 2.05) is 47.4 Å². The summed E-state index contributed by atoms with van der Waals surface area (Å²) in [5.41, 5.74) is 1.52. The minimum atomic E-state index is -0.0165. The Morgan fingerprint density at radius 3 is 2.16 bits per heavy atom. The standard InChI is InChI=1S/C23H23Cl2N5O/c24-19-8-7-16(15-20(19)25)28-11-13-29(14-12-28)22-18-6-2-1-5-17(18)21(26-27-22)23(31)30-9-3-4-10-30/h1-2,5-8,15H,3-4,9-14H2. The minimum absolute atomic E-state index is 0.0165. The second-order valence-electron chi connectivity index (χ2n) is 7.99. The molecule has 0 radical (unpaired) electrons. The third-order valence-electron chi connectivity index (χ3n) is 6.11. The van der Waals surface area contributed by atoms with Crippen LogP contribution < -0.4 is 9.80 Å². The molecule has 1 aromatic heterocycles. The second kappa shape index (κ2) is 8.52. The Morgan fingerprint density at radius 1 is 0.774 bits per heavy atom. The molecule has 0 unspecified atom stereocenters. The zero-order valence-corrected chi connectivity index (χ0v) is 18.6. The number of amides is 1. The second-order valence-corrected chi connectivity index (χ2v) is 8.80. The van der Waals surface area contributed by atoms with E-state index in [9.17, 15) is 4.79 Å². The number of piperazine rings is 1. The highest BCUT2D eigenvalue weighted by Crippen LogP contribution is 2.30. The fraction of sp³-hybridized carbons (Fsp3) is 0.348. The molecule has 2 aromatic carbocycles. The van der Waals surface area contributed by atoms with Gasteiger partial charge in [0.25, 0.3) is 5.91 Å². The molecule has 160 valence electrons. The summed E-state index contributed by atoms with van der Waals surface area (Å²) in [6.45, 7) is 4.88. The molecular formula is C23H23Cl2N5O. The van der Waals surface area contributed by atoms with Crippen LogP contribution in [0.15, 0.2) is 42.5 Å². The SMILES string of the molecule is O=C(c1nnc(N2CCN(c3ccc(Cl)c(Cl)c3)CC2)c2ccccc12)N1CCCC1. The fourth-order valence-electron chi connectivity index (χ4n) is 4.41. The first-order valence-corrected chi connectivity index (χ1v) is 11.4. The third-order valence-corrected chi connectivity index (χ3v) is 6.85. The number of carbonyl (C=O) groups is 1. The fourth-order valence-corrected chi connectivity index (χ4v) is 4.70. The lowest BCUT2D eigenvalue weighted by Gasteiger charge is -2.37. The van der Waals surface area contributed by atoms with Gasteiger partial charge in [-0.05, 0) is 31.0 Å². The van der Waals surface area contributed by atoms with Crippen LogP contribution in [0.5, 0.6) is 0 Å². The highest BCUT2D eigenvalue weighted by Gasteiger charge is 2.26. The number of likely N-dealkylation sites (tertiary alicyclic amines) is 1. The Labute approximate surface area is 191 Å². The summed E-state index contributed by atoms with van der Waals surface area (Å²) >= 11 is 12.2. The molecule has 3 heterocycles. The molecule has 2 fully saturated rings. The zero-order chi connectivity index (χ0) is 21.4. The molecule has 2 aliphatic rings. The van der Waals surface area contributed by atoms with E-state index < -0.39 is 0 Å². The van der Waals surface area contributed by atoms with Crippen molar-refractivity contribution in [2.75, 3.05) is 49.1 Å². The van der Waals surface area contributed by atoms with E-state index in [0.717, 1.165) is 74.4 Å². The number of rotatable bonds is 3. The molecule has 8 heteroatoms. The van der Waals surface area contributed by atoms with Crippen molar-refractivity contribution in [3.63, 3.8) is 0 Å². The van der Waals surface area contributed by atoms with Crippen LogP contribution in [0.2, 0.25) is 10.0 Å². The summed E-state index contributed by atoms with van der Waals surface area (Å²) in [4.78, 5) is 19.4. The van der Waals surface area contributed by atoms with Crippen LogP contribution in [0.3, 0.4) is 0 Å². The van der Waals surface area contributed by atoms with Gasteiger partial charge in [0, 0.05) is 55.7 Å². The van der Waals surface area contributed by atoms with E-state index in [4.69, 9.17) is 23.2 Å². The van der Waals surface area contributed by atoms with Gasteiger partial charge in [0.1, 0.15) is 0 Å². The number of carbonyl (C=O) groups excluding carboxylic acids is 1. The molecule has 5 rings (SSSR count). The van der Waals surface area contributed by atoms with E-state index in [1.54, 1.807) is 0 Å². The van der Waals surface area contributed by atoms with Crippen molar-refractivity contribution in [3.8, 4) is 0 Å². The number of fused-ring (bicyclic) bond motifs is 1. The maximum absolute atomic E-state index is 13.0. The number of anilines is 2. The molecule has 31 heavy (non-hydrogen) atoms. The smallest absolute Gasteiger partial charge is 0.275 e. The Bertz CT molecular complexity index is 1120. The molecule has 3 aromatic rings. The third kappa shape index (κ3) is 3.90. The van der Waals surface area contributed by atoms with Gasteiger partial charge in [0.05, 0.1) is 10.0 Å². The largest absolute Gasteiger partial charge is 0.368 e. The van der Waals surface area contributed by atoms with Crippen molar-refractivity contribution in [3.05, 3.63) is 58.2 Å². The van der Waals surface area contributed by atoms with Crippen molar-refractivity contribution in [1.82, 2.24) is 15.1 Å². The van der Waals surface area contributed by atoms with Crippen LogP contribution in [-0.4, -0.2) is 60.3 Å². The lowest BCUT2D eigenvalue weighted by Crippen LogP contribution is -2.47. The van der Waals surface area contributed by atoms with Crippen LogP contribution in [0.4, 0.5) is 11.5 Å². The molecular weight excluding hydrogens is 433 g/mol. The van der Waals surface area contributed by atoms with Crippen molar-refractivity contribution in [1.29, 1.82) is 0 Å². The number of hydrogen-bond donors (Lipinski definition) is 0. The first kappa shape index (κ1) is 20.3. The number of aromatic nitrogens is 2. The van der Waals surface area contributed by atoms with Crippen LogP contribution in [0, 0.1) is 0 Å². The summed E-state index contributed by atoms with van der Waals surface area (Å²) in [5, 5.41) is 11.9. The molecule has 0 saturated carbocycles. The summed E-state index contributed by atoms with van der Waals surface area (Å²) in [6, 6.07) is 13.7. The van der Waals surface area contributed by atoms with Gasteiger partial charge in [-0.2, -0.15) is 0 Å². The molecule has 6 nitrogen and oxygen atoms in total. The maximum Gasteiger partial charge on any atom is 0.275 e. The van der Waals surface area contributed by atoms with E-state index in [0.29, 0.717) is 15.7 Å². The van der Waals surface area contributed by atoms with Crippen molar-refractivity contribution in [2.45, 2.75) is 12.8 Å². The Morgan fingerprint density at radius 2 is 1.45 bits per heavy atom. The van der Waals surface area contributed by atoms with E-state index in [2.05, 4.69) is 20.0 Å². The van der Waals surface area contributed by atoms with Gasteiger partial charge in [0.15, 0.2) is 11.5 Å². The van der Waals surface area contributed by atoms with Gasteiger partial charge in [-0.25, -0.2) is 0 Å². The monoisotopic (exact) mass is 455 g/mol. The Kier molecular flexibility index (Phi) is 5.59. The molecule has 0 bridgehead atoms. The van der Waals surface area contributed by atoms with Crippen molar-refractivity contribution >= 4 is 51.4 Å². The normalized spacial score (nSPS) is 16.9. The van der Waals surface area contributed by atoms with E-state index in [-0.39, 0.29) is 5.91 Å². The minimum Gasteiger partial charge on any atom is -0.368 e. The summed E-state index contributed by atoms with van der Waals surface area (Å²) in [7, 11) is 0. The number of halogens is 2. The molecule has 0 atom stereocenters. The molecule has 1 amide bonds. The average Bonchev–Trinajstić information content (AvgIpc) is 3.35. The van der Waals surface area contributed by atoms with Gasteiger partial charge in [-0.15, -0.1) is 10.2 Å². The van der Waals surface area contributed by atoms with Crippen LogP contribution in [0.1, 0.15) is 23.3 Å². The number of nitrogens with zero attached hydrogens (tertiary/aromatic N) is 5. The first-order chi connectivity index (χ1) is 15.1. The van der Waals surface area contributed by atoms with Gasteiger partial charge < -0.3 is 14.7 Å². The maximum atomic E-state index is 13.0. The first-order valence-electron chi connectivity index (χ1n) is 10.6. The lowest BCUT2D eigenvalue weighted by atomic mass is 10.1. The summed E-state index contributed by atoms with van der Waals surface area (Å²) in [6.07, 6.45) is 2.11. The van der Waals surface area contributed by atoms with Gasteiger partial charge in [-0.3, -0.25) is 4.79 Å². The Hall–Kier alpha value is -2.57. The average molecular weight is 456 g/mol. The summed E-state index contributed by atoms with van der Waals surface area (Å²) < 4.78 is 0. The summed E-state index contributed by atoms with van der Waals surface area (Å²) in [5.74, 6) is 0.819. The van der Waals surface area contributed by atoms with Gasteiger partial charge in [0.2, 0.25) is 0 Å². The quantitative estimate of drug-likeness (QED) is 0.581. The van der Waals surface area contributed by atoms with E-state index >= 15 is 0 Å². The van der Waals surface area contributed by atoms with E-state index in [1.165, 1.54) is 0 Å². The zero-order valence-electron chi connectivity index (χ0n) is 17.1. The van der Waals surface area contributed by atoms with Crippen molar-refractivity contribution < 1.29 is 4.79 Å². The molecule has 2 aliphatic heterocycles. The molecule has 2 saturated heterocycles. The predicted octanol–water partition coefficient (Wildman–Crippen LogP) is 4.50.